The van der Waals surface area contributed by atoms with Crippen LogP contribution in [0, 0.1) is 13.8 Å². The van der Waals surface area contributed by atoms with E-state index in [0.717, 1.165) is 36.5 Å². The van der Waals surface area contributed by atoms with Gasteiger partial charge in [0.15, 0.2) is 11.5 Å². The number of aromatic amines is 1. The van der Waals surface area contributed by atoms with E-state index < -0.39 is 0 Å². The van der Waals surface area contributed by atoms with Gasteiger partial charge in [-0.25, -0.2) is 0 Å². The maximum atomic E-state index is 13.0. The number of aromatic nitrogens is 3. The van der Waals surface area contributed by atoms with Crippen molar-refractivity contribution >= 4 is 5.91 Å². The molecule has 0 spiro atoms. The summed E-state index contributed by atoms with van der Waals surface area (Å²) in [5.41, 5.74) is 1.89. The van der Waals surface area contributed by atoms with Gasteiger partial charge in [0, 0.05) is 18.7 Å². The summed E-state index contributed by atoms with van der Waals surface area (Å²) in [7, 11) is 0. The van der Waals surface area contributed by atoms with Crippen LogP contribution in [0.25, 0.3) is 11.5 Å². The summed E-state index contributed by atoms with van der Waals surface area (Å²) >= 11 is 0. The van der Waals surface area contributed by atoms with Crippen LogP contribution >= 0.6 is 0 Å². The third-order valence-corrected chi connectivity index (χ3v) is 4.55. The molecule has 7 nitrogen and oxygen atoms in total. The van der Waals surface area contributed by atoms with E-state index >= 15 is 0 Å². The number of furan rings is 1. The molecule has 0 saturated carbocycles. The van der Waals surface area contributed by atoms with Crippen molar-refractivity contribution in [2.24, 2.45) is 0 Å². The zero-order valence-electron chi connectivity index (χ0n) is 14.3. The van der Waals surface area contributed by atoms with Gasteiger partial charge in [0.1, 0.15) is 22.9 Å². The molecular weight excluding hydrogens is 320 g/mol. The summed E-state index contributed by atoms with van der Waals surface area (Å²) in [6, 6.07) is 7.31. The van der Waals surface area contributed by atoms with Crippen LogP contribution in [0.4, 0.5) is 0 Å². The van der Waals surface area contributed by atoms with Gasteiger partial charge < -0.3 is 13.8 Å². The first kappa shape index (κ1) is 15.7. The summed E-state index contributed by atoms with van der Waals surface area (Å²) in [5, 5.41) is 11.2. The number of hydrogen-bond acceptors (Lipinski definition) is 5. The molecule has 0 aromatic carbocycles. The molecule has 1 amide bonds. The Hall–Kier alpha value is -2.83. The number of carbonyl (C=O) groups is 1. The number of H-pyrrole nitrogens is 1. The normalized spacial score (nSPS) is 17.8. The lowest BCUT2D eigenvalue weighted by Gasteiger charge is -2.33. The Kier molecular flexibility index (Phi) is 3.91. The lowest BCUT2D eigenvalue weighted by Crippen LogP contribution is -2.38. The van der Waals surface area contributed by atoms with Gasteiger partial charge in [0.25, 0.3) is 5.91 Å². The predicted molar refractivity (Wildman–Crippen MR) is 89.9 cm³/mol. The van der Waals surface area contributed by atoms with Crippen molar-refractivity contribution in [3.05, 3.63) is 47.2 Å². The molecule has 0 radical (unpaired) electrons. The fraction of sp³-hybridized carbons (Fsp3) is 0.389. The number of nitrogens with one attached hydrogen (secondary N) is 1. The number of carbonyl (C=O) groups excluding carboxylic acids is 1. The Balaban J connectivity index is 1.59. The van der Waals surface area contributed by atoms with E-state index in [9.17, 15) is 4.79 Å². The summed E-state index contributed by atoms with van der Waals surface area (Å²) < 4.78 is 10.8. The number of hydrogen-bond donors (Lipinski definition) is 1. The van der Waals surface area contributed by atoms with Gasteiger partial charge in [0.2, 0.25) is 0 Å². The molecule has 25 heavy (non-hydrogen) atoms. The summed E-state index contributed by atoms with van der Waals surface area (Å²) in [4.78, 5) is 14.8. The lowest BCUT2D eigenvalue weighted by molar-refractivity contribution is 0.0595. The van der Waals surface area contributed by atoms with Crippen molar-refractivity contribution in [2.75, 3.05) is 6.54 Å². The number of nitrogens with zero attached hydrogens (tertiary/aromatic N) is 3. The Bertz CT molecular complexity index is 892. The van der Waals surface area contributed by atoms with Crippen molar-refractivity contribution in [1.82, 2.24) is 20.3 Å². The van der Waals surface area contributed by atoms with Crippen molar-refractivity contribution in [3.8, 4) is 11.5 Å². The molecule has 0 bridgehead atoms. The van der Waals surface area contributed by atoms with E-state index in [4.69, 9.17) is 8.94 Å². The molecule has 0 unspecified atom stereocenters. The minimum atomic E-state index is -0.101. The van der Waals surface area contributed by atoms with Crippen molar-refractivity contribution in [2.45, 2.75) is 39.2 Å². The highest BCUT2D eigenvalue weighted by Gasteiger charge is 2.32. The minimum absolute atomic E-state index is 0.0651. The van der Waals surface area contributed by atoms with Crippen LogP contribution in [0.15, 0.2) is 33.2 Å². The van der Waals surface area contributed by atoms with Crippen LogP contribution in [0.1, 0.15) is 53.0 Å². The summed E-state index contributed by atoms with van der Waals surface area (Å²) in [6.07, 6.45) is 2.93. The van der Waals surface area contributed by atoms with Crippen LogP contribution in [0.2, 0.25) is 0 Å². The standard InChI is InChI=1S/C18H20N4O3/c1-11-6-7-17(24-11)14-10-15(20-19-14)18(23)22-8-4-3-5-16(22)13-9-12(2)25-21-13/h6-7,9-10,16H,3-5,8H2,1-2H3,(H,19,20)/t16-/m0/s1. The van der Waals surface area contributed by atoms with Gasteiger partial charge in [-0.15, -0.1) is 0 Å². The molecule has 7 heteroatoms. The lowest BCUT2D eigenvalue weighted by atomic mass is 9.98. The molecule has 4 rings (SSSR count). The van der Waals surface area contributed by atoms with Gasteiger partial charge >= 0.3 is 0 Å². The highest BCUT2D eigenvalue weighted by molar-refractivity contribution is 5.93. The molecule has 130 valence electrons. The molecule has 1 fully saturated rings. The average Bonchev–Trinajstić information content (AvgIpc) is 3.34. The fourth-order valence-corrected chi connectivity index (χ4v) is 3.31. The van der Waals surface area contributed by atoms with Gasteiger partial charge in [-0.2, -0.15) is 5.10 Å². The quantitative estimate of drug-likeness (QED) is 0.786. The molecule has 3 aromatic heterocycles. The van der Waals surface area contributed by atoms with E-state index in [1.165, 1.54) is 0 Å². The number of aryl methyl sites for hydroxylation is 2. The van der Waals surface area contributed by atoms with E-state index in [1.807, 2.05) is 36.9 Å². The first-order valence-corrected chi connectivity index (χ1v) is 8.48. The smallest absolute Gasteiger partial charge is 0.274 e. The van der Waals surface area contributed by atoms with Crippen molar-refractivity contribution < 1.29 is 13.7 Å². The van der Waals surface area contributed by atoms with E-state index in [0.29, 0.717) is 23.7 Å². The molecule has 1 atom stereocenters. The molecule has 1 saturated heterocycles. The largest absolute Gasteiger partial charge is 0.460 e. The molecular formula is C18H20N4O3. The minimum Gasteiger partial charge on any atom is -0.460 e. The number of likely N-dealkylation sites (tertiary alicyclic amines) is 1. The van der Waals surface area contributed by atoms with Gasteiger partial charge in [0.05, 0.1) is 6.04 Å². The van der Waals surface area contributed by atoms with Crippen LogP contribution in [0.3, 0.4) is 0 Å². The van der Waals surface area contributed by atoms with Gasteiger partial charge in [-0.1, -0.05) is 5.16 Å². The van der Waals surface area contributed by atoms with Gasteiger partial charge in [-0.05, 0) is 45.2 Å². The van der Waals surface area contributed by atoms with Crippen molar-refractivity contribution in [1.29, 1.82) is 0 Å². The van der Waals surface area contributed by atoms with Crippen LogP contribution < -0.4 is 0 Å². The monoisotopic (exact) mass is 340 g/mol. The van der Waals surface area contributed by atoms with Gasteiger partial charge in [-0.3, -0.25) is 9.89 Å². The fourth-order valence-electron chi connectivity index (χ4n) is 3.31. The second-order valence-corrected chi connectivity index (χ2v) is 6.45. The van der Waals surface area contributed by atoms with E-state index in [2.05, 4.69) is 15.4 Å². The molecule has 1 aliphatic heterocycles. The van der Waals surface area contributed by atoms with Crippen LogP contribution in [-0.2, 0) is 0 Å². The molecule has 3 aromatic rings. The SMILES string of the molecule is Cc1cc([C@@H]2CCCCN2C(=O)c2cc(-c3ccc(C)o3)[nH]n2)no1. The van der Waals surface area contributed by atoms with E-state index in [1.54, 1.807) is 6.07 Å². The van der Waals surface area contributed by atoms with Crippen LogP contribution in [-0.4, -0.2) is 32.7 Å². The average molecular weight is 340 g/mol. The van der Waals surface area contributed by atoms with E-state index in [-0.39, 0.29) is 11.9 Å². The summed E-state index contributed by atoms with van der Waals surface area (Å²) in [6.45, 7) is 4.43. The second kappa shape index (κ2) is 6.23. The molecule has 0 aliphatic carbocycles. The zero-order chi connectivity index (χ0) is 17.4. The molecule has 1 aliphatic rings. The third-order valence-electron chi connectivity index (χ3n) is 4.55. The molecule has 1 N–H and O–H groups in total. The Morgan fingerprint density at radius 1 is 1.24 bits per heavy atom. The number of piperidine rings is 1. The maximum absolute atomic E-state index is 13.0. The highest BCUT2D eigenvalue weighted by atomic mass is 16.5. The first-order valence-electron chi connectivity index (χ1n) is 8.48. The zero-order valence-corrected chi connectivity index (χ0v) is 14.3. The number of amides is 1. The molecule has 4 heterocycles. The second-order valence-electron chi connectivity index (χ2n) is 6.45. The highest BCUT2D eigenvalue weighted by Crippen LogP contribution is 2.32. The Morgan fingerprint density at radius 2 is 2.12 bits per heavy atom. The topological polar surface area (TPSA) is 88.2 Å². The number of rotatable bonds is 3. The first-order chi connectivity index (χ1) is 12.1. The Labute approximate surface area is 145 Å². The maximum Gasteiger partial charge on any atom is 0.274 e. The predicted octanol–water partition coefficient (Wildman–Crippen LogP) is 3.64. The van der Waals surface area contributed by atoms with Crippen molar-refractivity contribution in [3.63, 3.8) is 0 Å². The Morgan fingerprint density at radius 3 is 2.84 bits per heavy atom. The van der Waals surface area contributed by atoms with Crippen LogP contribution in [0.5, 0.6) is 0 Å². The summed E-state index contributed by atoms with van der Waals surface area (Å²) in [5.74, 6) is 2.14. The third kappa shape index (κ3) is 2.97.